The molecule has 1 atom stereocenters. The lowest BCUT2D eigenvalue weighted by Crippen LogP contribution is -2.43. The minimum atomic E-state index is 0.0958. The van der Waals surface area contributed by atoms with Crippen molar-refractivity contribution < 1.29 is 28.5 Å². The van der Waals surface area contributed by atoms with Gasteiger partial charge in [-0.1, -0.05) is 6.42 Å². The van der Waals surface area contributed by atoms with Crippen molar-refractivity contribution in [3.05, 3.63) is 47.5 Å². The monoisotopic (exact) mass is 554 g/mol. The zero-order valence-electron chi connectivity index (χ0n) is 24.6. The van der Waals surface area contributed by atoms with Crippen molar-refractivity contribution in [1.29, 1.82) is 0 Å². The molecule has 0 spiro atoms. The number of ether oxygens (including phenoxy) is 4. The molecule has 0 aromatic heterocycles. The van der Waals surface area contributed by atoms with E-state index >= 15 is 0 Å². The third kappa shape index (κ3) is 9.73. The SMILES string of the molecule is COc1ccc(C(=O)CCCCCC(=O)N[C@@H](CCCc2cc(OC)c(OC)c(OC)c2)CN2CCCC2)cc1. The Balaban J connectivity index is 1.44. The van der Waals surface area contributed by atoms with Gasteiger partial charge < -0.3 is 29.2 Å². The standard InChI is InChI=1S/C32H46N2O6/c1-37-27-17-15-25(16-18-27)28(35)13-6-5-7-14-31(36)33-26(23-34-19-8-9-20-34)12-10-11-24-21-29(38-2)32(40-4)30(22-24)39-3/h15-18,21-22,26H,5-14,19-20,23H2,1-4H3,(H,33,36)/t26-/m0/s1. The molecule has 2 aromatic rings. The molecule has 40 heavy (non-hydrogen) atoms. The summed E-state index contributed by atoms with van der Waals surface area (Å²) in [6.07, 6.45) is 8.53. The number of likely N-dealkylation sites (tertiary alicyclic amines) is 1. The first-order valence-electron chi connectivity index (χ1n) is 14.4. The van der Waals surface area contributed by atoms with Gasteiger partial charge in [-0.3, -0.25) is 9.59 Å². The van der Waals surface area contributed by atoms with E-state index in [0.717, 1.165) is 69.5 Å². The van der Waals surface area contributed by atoms with E-state index in [1.165, 1.54) is 12.8 Å². The minimum absolute atomic E-state index is 0.0958. The fourth-order valence-corrected chi connectivity index (χ4v) is 5.29. The maximum absolute atomic E-state index is 12.8. The van der Waals surface area contributed by atoms with Crippen LogP contribution in [0.3, 0.4) is 0 Å². The molecule has 0 saturated carbocycles. The topological polar surface area (TPSA) is 86.3 Å². The Labute approximate surface area is 239 Å². The predicted molar refractivity (Wildman–Crippen MR) is 157 cm³/mol. The summed E-state index contributed by atoms with van der Waals surface area (Å²) in [4.78, 5) is 27.7. The van der Waals surface area contributed by atoms with Gasteiger partial charge >= 0.3 is 0 Å². The quantitative estimate of drug-likeness (QED) is 0.194. The second kappa shape index (κ2) is 16.8. The Morgan fingerprint density at radius 2 is 1.48 bits per heavy atom. The third-order valence-electron chi connectivity index (χ3n) is 7.50. The number of aryl methyl sites for hydroxylation is 1. The summed E-state index contributed by atoms with van der Waals surface area (Å²) >= 11 is 0. The number of benzene rings is 2. The molecule has 1 fully saturated rings. The lowest BCUT2D eigenvalue weighted by atomic mass is 10.0. The molecule has 1 heterocycles. The number of carbonyl (C=O) groups excluding carboxylic acids is 2. The molecule has 0 unspecified atom stereocenters. The summed E-state index contributed by atoms with van der Waals surface area (Å²) < 4.78 is 21.6. The molecular weight excluding hydrogens is 508 g/mol. The first kappa shape index (κ1) is 31.3. The van der Waals surface area contributed by atoms with E-state index in [1.807, 2.05) is 12.1 Å². The van der Waals surface area contributed by atoms with Crippen molar-refractivity contribution in [2.75, 3.05) is 48.1 Å². The van der Waals surface area contributed by atoms with Gasteiger partial charge in [-0.25, -0.2) is 0 Å². The molecule has 220 valence electrons. The number of hydrogen-bond donors (Lipinski definition) is 1. The van der Waals surface area contributed by atoms with Gasteiger partial charge in [0.2, 0.25) is 11.7 Å². The smallest absolute Gasteiger partial charge is 0.220 e. The summed E-state index contributed by atoms with van der Waals surface area (Å²) in [6.45, 7) is 3.08. The van der Waals surface area contributed by atoms with Crippen molar-refractivity contribution >= 4 is 11.7 Å². The summed E-state index contributed by atoms with van der Waals surface area (Å²) in [6, 6.07) is 11.3. The van der Waals surface area contributed by atoms with Crippen LogP contribution in [0.25, 0.3) is 0 Å². The number of methoxy groups -OCH3 is 4. The number of rotatable bonds is 18. The lowest BCUT2D eigenvalue weighted by molar-refractivity contribution is -0.122. The van der Waals surface area contributed by atoms with Crippen molar-refractivity contribution in [2.24, 2.45) is 0 Å². The molecule has 8 heteroatoms. The lowest BCUT2D eigenvalue weighted by Gasteiger charge is -2.25. The predicted octanol–water partition coefficient (Wildman–Crippen LogP) is 5.46. The van der Waals surface area contributed by atoms with Crippen LogP contribution in [0.2, 0.25) is 0 Å². The molecule has 3 rings (SSSR count). The minimum Gasteiger partial charge on any atom is -0.497 e. The molecule has 2 aromatic carbocycles. The number of hydrogen-bond acceptors (Lipinski definition) is 7. The number of amides is 1. The van der Waals surface area contributed by atoms with Crippen LogP contribution in [0, 0.1) is 0 Å². The number of nitrogens with one attached hydrogen (secondary N) is 1. The Bertz CT molecular complexity index is 1040. The first-order chi connectivity index (χ1) is 19.5. The van der Waals surface area contributed by atoms with E-state index in [-0.39, 0.29) is 17.7 Å². The molecule has 1 N–H and O–H groups in total. The Hall–Kier alpha value is -3.26. The van der Waals surface area contributed by atoms with E-state index in [9.17, 15) is 9.59 Å². The molecule has 1 aliphatic heterocycles. The van der Waals surface area contributed by atoms with Crippen LogP contribution in [0.1, 0.15) is 73.7 Å². The zero-order valence-corrected chi connectivity index (χ0v) is 24.6. The highest BCUT2D eigenvalue weighted by Gasteiger charge is 2.20. The molecule has 0 radical (unpaired) electrons. The normalized spacial score (nSPS) is 14.0. The van der Waals surface area contributed by atoms with Crippen LogP contribution in [-0.4, -0.2) is 70.7 Å². The molecular formula is C32H46N2O6. The summed E-state index contributed by atoms with van der Waals surface area (Å²) in [5.41, 5.74) is 1.82. The fourth-order valence-electron chi connectivity index (χ4n) is 5.29. The van der Waals surface area contributed by atoms with Gasteiger partial charge in [0.15, 0.2) is 17.3 Å². The molecule has 0 bridgehead atoms. The van der Waals surface area contributed by atoms with Crippen LogP contribution in [0.4, 0.5) is 0 Å². The Morgan fingerprint density at radius 1 is 0.825 bits per heavy atom. The van der Waals surface area contributed by atoms with E-state index in [2.05, 4.69) is 10.2 Å². The average molecular weight is 555 g/mol. The molecule has 1 amide bonds. The maximum Gasteiger partial charge on any atom is 0.220 e. The highest BCUT2D eigenvalue weighted by atomic mass is 16.5. The van der Waals surface area contributed by atoms with Crippen LogP contribution >= 0.6 is 0 Å². The van der Waals surface area contributed by atoms with Gasteiger partial charge in [0, 0.05) is 31.0 Å². The maximum atomic E-state index is 12.8. The second-order valence-corrected chi connectivity index (χ2v) is 10.4. The van der Waals surface area contributed by atoms with Crippen LogP contribution in [0.15, 0.2) is 36.4 Å². The molecule has 1 saturated heterocycles. The summed E-state index contributed by atoms with van der Waals surface area (Å²) in [5, 5.41) is 3.30. The van der Waals surface area contributed by atoms with Crippen LogP contribution < -0.4 is 24.3 Å². The molecule has 1 aliphatic rings. The van der Waals surface area contributed by atoms with Crippen molar-refractivity contribution in [1.82, 2.24) is 10.2 Å². The Morgan fingerprint density at radius 3 is 2.08 bits per heavy atom. The molecule has 0 aliphatic carbocycles. The van der Waals surface area contributed by atoms with Gasteiger partial charge in [0.05, 0.1) is 28.4 Å². The Kier molecular flexibility index (Phi) is 13.1. The average Bonchev–Trinajstić information content (AvgIpc) is 3.49. The van der Waals surface area contributed by atoms with Crippen LogP contribution in [-0.2, 0) is 11.2 Å². The fraction of sp³-hybridized carbons (Fsp3) is 0.562. The number of ketones is 1. The van der Waals surface area contributed by atoms with Gasteiger partial charge in [-0.15, -0.1) is 0 Å². The highest BCUT2D eigenvalue weighted by molar-refractivity contribution is 5.96. The van der Waals surface area contributed by atoms with Gasteiger partial charge in [0.1, 0.15) is 5.75 Å². The van der Waals surface area contributed by atoms with Gasteiger partial charge in [-0.05, 0) is 100.0 Å². The van der Waals surface area contributed by atoms with E-state index in [0.29, 0.717) is 35.7 Å². The first-order valence-corrected chi connectivity index (χ1v) is 14.4. The van der Waals surface area contributed by atoms with Crippen molar-refractivity contribution in [3.8, 4) is 23.0 Å². The highest BCUT2D eigenvalue weighted by Crippen LogP contribution is 2.38. The molecule has 8 nitrogen and oxygen atoms in total. The third-order valence-corrected chi connectivity index (χ3v) is 7.50. The number of nitrogens with zero attached hydrogens (tertiary/aromatic N) is 1. The number of unbranched alkanes of at least 4 members (excludes halogenated alkanes) is 2. The van der Waals surface area contributed by atoms with Crippen LogP contribution in [0.5, 0.6) is 23.0 Å². The zero-order chi connectivity index (χ0) is 28.7. The van der Waals surface area contributed by atoms with E-state index in [1.54, 1.807) is 52.7 Å². The van der Waals surface area contributed by atoms with E-state index < -0.39 is 0 Å². The van der Waals surface area contributed by atoms with Crippen molar-refractivity contribution in [2.45, 2.75) is 70.3 Å². The number of Topliss-reactive ketones (excluding diaryl/α,β-unsaturated/α-hetero) is 1. The largest absolute Gasteiger partial charge is 0.497 e. The summed E-state index contributed by atoms with van der Waals surface area (Å²) in [5.74, 6) is 2.88. The second-order valence-electron chi connectivity index (χ2n) is 10.4. The number of carbonyl (C=O) groups is 2. The summed E-state index contributed by atoms with van der Waals surface area (Å²) in [7, 11) is 6.47. The van der Waals surface area contributed by atoms with Gasteiger partial charge in [0.25, 0.3) is 0 Å². The van der Waals surface area contributed by atoms with Gasteiger partial charge in [-0.2, -0.15) is 0 Å². The van der Waals surface area contributed by atoms with Crippen molar-refractivity contribution in [3.63, 3.8) is 0 Å². The van der Waals surface area contributed by atoms with E-state index in [4.69, 9.17) is 18.9 Å².